The minimum absolute atomic E-state index is 0.0653. The molecule has 1 aromatic heterocycles. The highest BCUT2D eigenvalue weighted by atomic mass is 19.1. The number of carbonyl (C=O) groups excluding carboxylic acids is 1. The molecule has 2 aromatic carbocycles. The van der Waals surface area contributed by atoms with Crippen molar-refractivity contribution in [1.82, 2.24) is 20.7 Å². The van der Waals surface area contributed by atoms with Crippen molar-refractivity contribution < 1.29 is 9.18 Å². The number of H-pyrrole nitrogens is 1. The summed E-state index contributed by atoms with van der Waals surface area (Å²) >= 11 is 0. The van der Waals surface area contributed by atoms with E-state index in [1.165, 1.54) is 6.07 Å². The molecule has 0 aliphatic carbocycles. The van der Waals surface area contributed by atoms with Gasteiger partial charge in [0, 0.05) is 31.4 Å². The third-order valence-corrected chi connectivity index (χ3v) is 6.09. The van der Waals surface area contributed by atoms with Crippen LogP contribution < -0.4 is 16.4 Å². The number of hydrogen-bond donors (Lipinski definition) is 3. The standard InChI is InChI=1S/C26H29FN4O2/c1-17-6-3-7-18(14-17)23-12-11-22(25(32)28-23)26(33)31(2)13-5-10-21-16-24(30-29-21)19-8-4-9-20(27)15-19/h3-4,6-9,11-12,14-15,21,24,29-30H,5,10,13,16H2,1-2H3,(H,28,32). The van der Waals surface area contributed by atoms with Crippen molar-refractivity contribution in [3.8, 4) is 11.3 Å². The molecule has 3 N–H and O–H groups in total. The number of rotatable bonds is 7. The Bertz CT molecular complexity index is 1190. The van der Waals surface area contributed by atoms with Crippen molar-refractivity contribution in [2.45, 2.75) is 38.3 Å². The van der Waals surface area contributed by atoms with Crippen molar-refractivity contribution in [2.75, 3.05) is 13.6 Å². The van der Waals surface area contributed by atoms with Crippen LogP contribution in [0.25, 0.3) is 11.3 Å². The van der Waals surface area contributed by atoms with E-state index in [0.717, 1.165) is 36.0 Å². The molecular weight excluding hydrogens is 419 g/mol. The number of nitrogens with zero attached hydrogens (tertiary/aromatic N) is 1. The number of aromatic amines is 1. The van der Waals surface area contributed by atoms with Crippen molar-refractivity contribution in [1.29, 1.82) is 0 Å². The summed E-state index contributed by atoms with van der Waals surface area (Å²) in [6.45, 7) is 2.54. The van der Waals surface area contributed by atoms with Gasteiger partial charge in [0.25, 0.3) is 11.5 Å². The first-order valence-corrected chi connectivity index (χ1v) is 11.2. The predicted octanol–water partition coefficient (Wildman–Crippen LogP) is 3.95. The Hall–Kier alpha value is -3.29. The molecule has 1 saturated heterocycles. The lowest BCUT2D eigenvalue weighted by Gasteiger charge is -2.18. The van der Waals surface area contributed by atoms with Crippen LogP contribution in [-0.2, 0) is 0 Å². The normalized spacial score (nSPS) is 17.8. The van der Waals surface area contributed by atoms with E-state index in [4.69, 9.17) is 0 Å². The highest BCUT2D eigenvalue weighted by Gasteiger charge is 2.25. The number of halogens is 1. The van der Waals surface area contributed by atoms with E-state index in [1.54, 1.807) is 36.2 Å². The lowest BCUT2D eigenvalue weighted by molar-refractivity contribution is 0.0790. The summed E-state index contributed by atoms with van der Waals surface area (Å²) in [5, 5.41) is 0. The minimum Gasteiger partial charge on any atom is -0.342 e. The quantitative estimate of drug-likeness (QED) is 0.512. The van der Waals surface area contributed by atoms with E-state index >= 15 is 0 Å². The molecule has 1 aliphatic rings. The molecule has 6 nitrogen and oxygen atoms in total. The monoisotopic (exact) mass is 448 g/mol. The SMILES string of the molecule is Cc1cccc(-c2ccc(C(=O)N(C)CCCC3CC(c4cccc(F)c4)NN3)c(=O)[nH]2)c1. The number of nitrogens with one attached hydrogen (secondary N) is 3. The fourth-order valence-corrected chi connectivity index (χ4v) is 4.26. The molecule has 4 rings (SSSR count). The van der Waals surface area contributed by atoms with Gasteiger partial charge in [-0.2, -0.15) is 0 Å². The first kappa shape index (κ1) is 22.9. The van der Waals surface area contributed by atoms with E-state index in [9.17, 15) is 14.0 Å². The van der Waals surface area contributed by atoms with Crippen molar-refractivity contribution >= 4 is 5.91 Å². The zero-order chi connectivity index (χ0) is 23.4. The lowest BCUT2D eigenvalue weighted by Crippen LogP contribution is -2.34. The first-order valence-electron chi connectivity index (χ1n) is 11.2. The van der Waals surface area contributed by atoms with Gasteiger partial charge in [-0.1, -0.05) is 35.9 Å². The summed E-state index contributed by atoms with van der Waals surface area (Å²) in [6, 6.07) is 18.1. The van der Waals surface area contributed by atoms with Gasteiger partial charge < -0.3 is 9.88 Å². The maximum absolute atomic E-state index is 13.5. The van der Waals surface area contributed by atoms with Gasteiger partial charge in [0.15, 0.2) is 0 Å². The fraction of sp³-hybridized carbons (Fsp3) is 0.308. The number of hydrazine groups is 1. The largest absolute Gasteiger partial charge is 0.342 e. The van der Waals surface area contributed by atoms with Gasteiger partial charge in [-0.05, 0) is 67.6 Å². The van der Waals surface area contributed by atoms with Crippen LogP contribution in [0.2, 0.25) is 0 Å². The van der Waals surface area contributed by atoms with Gasteiger partial charge in [-0.25, -0.2) is 4.39 Å². The molecule has 7 heteroatoms. The Labute approximate surface area is 192 Å². The summed E-state index contributed by atoms with van der Waals surface area (Å²) in [5.41, 5.74) is 9.87. The molecule has 3 aromatic rings. The van der Waals surface area contributed by atoms with Crippen molar-refractivity contribution in [3.05, 3.63) is 93.5 Å². The topological polar surface area (TPSA) is 77.2 Å². The number of hydrogen-bond acceptors (Lipinski definition) is 4. The molecule has 172 valence electrons. The summed E-state index contributed by atoms with van der Waals surface area (Å²) in [6.07, 6.45) is 2.50. The number of amides is 1. The molecule has 1 amide bonds. The van der Waals surface area contributed by atoms with Crippen LogP contribution in [-0.4, -0.2) is 35.4 Å². The summed E-state index contributed by atoms with van der Waals surface area (Å²) in [5.74, 6) is -0.526. The van der Waals surface area contributed by atoms with Crippen LogP contribution in [0.4, 0.5) is 4.39 Å². The van der Waals surface area contributed by atoms with E-state index in [2.05, 4.69) is 15.8 Å². The van der Waals surface area contributed by atoms with Crippen LogP contribution in [0.1, 0.15) is 46.8 Å². The predicted molar refractivity (Wildman–Crippen MR) is 127 cm³/mol. The van der Waals surface area contributed by atoms with Crippen LogP contribution in [0.5, 0.6) is 0 Å². The average molecular weight is 449 g/mol. The maximum atomic E-state index is 13.5. The molecule has 0 saturated carbocycles. The van der Waals surface area contributed by atoms with Gasteiger partial charge in [0.2, 0.25) is 0 Å². The summed E-state index contributed by atoms with van der Waals surface area (Å²) in [7, 11) is 1.71. The number of aryl methyl sites for hydroxylation is 1. The number of aromatic nitrogens is 1. The first-order chi connectivity index (χ1) is 15.9. The van der Waals surface area contributed by atoms with Crippen LogP contribution in [0.15, 0.2) is 65.5 Å². The second kappa shape index (κ2) is 10.1. The molecule has 0 spiro atoms. The molecule has 0 radical (unpaired) electrons. The lowest BCUT2D eigenvalue weighted by atomic mass is 9.99. The fourth-order valence-electron chi connectivity index (χ4n) is 4.26. The Morgan fingerprint density at radius 3 is 2.67 bits per heavy atom. The third-order valence-electron chi connectivity index (χ3n) is 6.09. The number of pyridine rings is 1. The van der Waals surface area contributed by atoms with Crippen molar-refractivity contribution in [2.24, 2.45) is 0 Å². The van der Waals surface area contributed by atoms with Gasteiger partial charge in [-0.3, -0.25) is 20.4 Å². The molecule has 33 heavy (non-hydrogen) atoms. The highest BCUT2D eigenvalue weighted by molar-refractivity contribution is 5.93. The van der Waals surface area contributed by atoms with E-state index < -0.39 is 0 Å². The summed E-state index contributed by atoms with van der Waals surface area (Å²) in [4.78, 5) is 29.8. The Balaban J connectivity index is 1.30. The van der Waals surface area contributed by atoms with Gasteiger partial charge in [0.05, 0.1) is 0 Å². The Kier molecular flexibility index (Phi) is 7.01. The van der Waals surface area contributed by atoms with Gasteiger partial charge in [0.1, 0.15) is 11.4 Å². The number of carbonyl (C=O) groups is 1. The minimum atomic E-state index is -0.384. The Morgan fingerprint density at radius 2 is 1.91 bits per heavy atom. The number of benzene rings is 2. The highest BCUT2D eigenvalue weighted by Crippen LogP contribution is 2.24. The smallest absolute Gasteiger partial charge is 0.261 e. The molecule has 1 fully saturated rings. The van der Waals surface area contributed by atoms with E-state index in [1.807, 2.05) is 37.3 Å². The molecule has 0 bridgehead atoms. The van der Waals surface area contributed by atoms with Gasteiger partial charge in [-0.15, -0.1) is 0 Å². The van der Waals surface area contributed by atoms with Crippen molar-refractivity contribution in [3.63, 3.8) is 0 Å². The van der Waals surface area contributed by atoms with E-state index in [0.29, 0.717) is 12.2 Å². The summed E-state index contributed by atoms with van der Waals surface area (Å²) < 4.78 is 13.5. The molecule has 2 atom stereocenters. The van der Waals surface area contributed by atoms with E-state index in [-0.39, 0.29) is 34.9 Å². The molecule has 2 heterocycles. The Morgan fingerprint density at radius 1 is 1.09 bits per heavy atom. The zero-order valence-electron chi connectivity index (χ0n) is 18.9. The second-order valence-electron chi connectivity index (χ2n) is 8.68. The van der Waals surface area contributed by atoms with Gasteiger partial charge >= 0.3 is 0 Å². The van der Waals surface area contributed by atoms with Crippen LogP contribution in [0.3, 0.4) is 0 Å². The van der Waals surface area contributed by atoms with Crippen LogP contribution >= 0.6 is 0 Å². The molecular formula is C26H29FN4O2. The maximum Gasteiger partial charge on any atom is 0.261 e. The average Bonchev–Trinajstić information content (AvgIpc) is 3.27. The molecule has 2 unspecified atom stereocenters. The zero-order valence-corrected chi connectivity index (χ0v) is 18.9. The third kappa shape index (κ3) is 5.56. The molecule has 1 aliphatic heterocycles. The second-order valence-corrected chi connectivity index (χ2v) is 8.68. The van der Waals surface area contributed by atoms with Crippen LogP contribution in [0, 0.1) is 12.7 Å².